The molecule has 0 bridgehead atoms. The Hall–Kier alpha value is -1.72. The number of rotatable bonds is 3. The molecule has 1 unspecified atom stereocenters. The van der Waals surface area contributed by atoms with E-state index in [2.05, 4.69) is 51.1 Å². The van der Waals surface area contributed by atoms with Gasteiger partial charge in [-0.05, 0) is 31.5 Å². The molecule has 1 aromatic carbocycles. The Kier molecular flexibility index (Phi) is 3.68. The molecule has 1 aliphatic heterocycles. The Morgan fingerprint density at radius 1 is 1.32 bits per heavy atom. The van der Waals surface area contributed by atoms with Gasteiger partial charge in [-0.2, -0.15) is 0 Å². The number of para-hydroxylation sites is 2. The van der Waals surface area contributed by atoms with Crippen LogP contribution in [0.5, 0.6) is 0 Å². The molecule has 0 aliphatic carbocycles. The third-order valence-corrected chi connectivity index (χ3v) is 5.49. The molecule has 0 saturated carbocycles. The van der Waals surface area contributed by atoms with Crippen molar-refractivity contribution in [3.05, 3.63) is 46.7 Å². The lowest BCUT2D eigenvalue weighted by Crippen LogP contribution is -2.34. The molecule has 2 aromatic heterocycles. The summed E-state index contributed by atoms with van der Waals surface area (Å²) < 4.78 is 2.22. The number of nitrogens with zero attached hydrogens (tertiary/aromatic N) is 4. The van der Waals surface area contributed by atoms with Gasteiger partial charge in [-0.25, -0.2) is 9.97 Å². The Bertz CT molecular complexity index is 762. The summed E-state index contributed by atoms with van der Waals surface area (Å²) in [7, 11) is 2.12. The molecule has 5 heteroatoms. The summed E-state index contributed by atoms with van der Waals surface area (Å²) in [6.07, 6.45) is 4.42. The minimum absolute atomic E-state index is 0.587. The first-order valence-electron chi connectivity index (χ1n) is 7.83. The van der Waals surface area contributed by atoms with E-state index in [4.69, 9.17) is 4.98 Å². The Labute approximate surface area is 134 Å². The van der Waals surface area contributed by atoms with Gasteiger partial charge >= 0.3 is 0 Å². The van der Waals surface area contributed by atoms with Gasteiger partial charge in [0, 0.05) is 31.1 Å². The monoisotopic (exact) mass is 312 g/mol. The predicted octanol–water partition coefficient (Wildman–Crippen LogP) is 3.41. The zero-order chi connectivity index (χ0) is 14.9. The average molecular weight is 312 g/mol. The molecule has 1 atom stereocenters. The number of hydrogen-bond donors (Lipinski definition) is 0. The first-order valence-corrected chi connectivity index (χ1v) is 8.71. The molecule has 4 rings (SSSR count). The quantitative estimate of drug-likeness (QED) is 0.743. The van der Waals surface area contributed by atoms with Crippen molar-refractivity contribution in [3.63, 3.8) is 0 Å². The lowest BCUT2D eigenvalue weighted by molar-refractivity contribution is 0.194. The summed E-state index contributed by atoms with van der Waals surface area (Å²) in [6.45, 7) is 3.18. The molecule has 1 fully saturated rings. The molecule has 0 N–H and O–H groups in total. The second-order valence-corrected chi connectivity index (χ2v) is 6.95. The van der Waals surface area contributed by atoms with Crippen molar-refractivity contribution in [1.82, 2.24) is 19.4 Å². The van der Waals surface area contributed by atoms with E-state index in [1.54, 1.807) is 11.3 Å². The van der Waals surface area contributed by atoms with Crippen LogP contribution < -0.4 is 0 Å². The van der Waals surface area contributed by atoms with Gasteiger partial charge < -0.3 is 4.57 Å². The molecular formula is C17H20N4S. The van der Waals surface area contributed by atoms with Gasteiger partial charge in [-0.15, -0.1) is 11.3 Å². The van der Waals surface area contributed by atoms with E-state index in [-0.39, 0.29) is 0 Å². The highest BCUT2D eigenvalue weighted by Crippen LogP contribution is 2.29. The fourth-order valence-corrected chi connectivity index (χ4v) is 4.14. The van der Waals surface area contributed by atoms with Crippen LogP contribution in [0.2, 0.25) is 0 Å². The topological polar surface area (TPSA) is 34.0 Å². The van der Waals surface area contributed by atoms with Crippen LogP contribution in [0.15, 0.2) is 35.8 Å². The Balaban J connectivity index is 1.53. The third-order valence-electron chi connectivity index (χ3n) is 4.55. The van der Waals surface area contributed by atoms with Crippen molar-refractivity contribution in [2.24, 2.45) is 7.05 Å². The van der Waals surface area contributed by atoms with E-state index in [9.17, 15) is 0 Å². The summed E-state index contributed by atoms with van der Waals surface area (Å²) >= 11 is 1.79. The van der Waals surface area contributed by atoms with Crippen LogP contribution in [-0.2, 0) is 13.6 Å². The van der Waals surface area contributed by atoms with Crippen molar-refractivity contribution in [2.75, 3.05) is 13.1 Å². The van der Waals surface area contributed by atoms with Crippen molar-refractivity contribution >= 4 is 22.4 Å². The number of piperidine rings is 1. The van der Waals surface area contributed by atoms with Crippen molar-refractivity contribution in [1.29, 1.82) is 0 Å². The molecule has 0 radical (unpaired) electrons. The fraction of sp³-hybridized carbons (Fsp3) is 0.412. The van der Waals surface area contributed by atoms with Gasteiger partial charge in [-0.3, -0.25) is 4.90 Å². The third kappa shape index (κ3) is 2.55. The maximum atomic E-state index is 4.80. The summed E-state index contributed by atoms with van der Waals surface area (Å²) in [5.41, 5.74) is 2.31. The molecule has 0 amide bonds. The Morgan fingerprint density at radius 2 is 2.23 bits per heavy atom. The van der Waals surface area contributed by atoms with E-state index in [0.717, 1.165) is 31.0 Å². The van der Waals surface area contributed by atoms with Gasteiger partial charge in [0.15, 0.2) is 0 Å². The zero-order valence-corrected chi connectivity index (χ0v) is 13.6. The van der Waals surface area contributed by atoms with Crippen molar-refractivity contribution < 1.29 is 0 Å². The summed E-state index contributed by atoms with van der Waals surface area (Å²) in [5.74, 6) is 1.74. The highest BCUT2D eigenvalue weighted by atomic mass is 32.1. The maximum absolute atomic E-state index is 4.80. The molecule has 1 saturated heterocycles. The fourth-order valence-electron chi connectivity index (χ4n) is 3.37. The number of benzene rings is 1. The molecule has 4 nitrogen and oxygen atoms in total. The van der Waals surface area contributed by atoms with Crippen LogP contribution in [0.1, 0.15) is 29.6 Å². The summed E-state index contributed by atoms with van der Waals surface area (Å²) in [4.78, 5) is 11.8. The van der Waals surface area contributed by atoms with Gasteiger partial charge in [0.2, 0.25) is 0 Å². The van der Waals surface area contributed by atoms with E-state index in [1.165, 1.54) is 23.4 Å². The van der Waals surface area contributed by atoms with E-state index >= 15 is 0 Å². The van der Waals surface area contributed by atoms with Gasteiger partial charge in [0.1, 0.15) is 5.82 Å². The van der Waals surface area contributed by atoms with Crippen LogP contribution in [0.4, 0.5) is 0 Å². The largest absolute Gasteiger partial charge is 0.330 e. The normalized spacial score (nSPS) is 19.8. The highest BCUT2D eigenvalue weighted by molar-refractivity contribution is 7.09. The lowest BCUT2D eigenvalue weighted by atomic mass is 9.99. The van der Waals surface area contributed by atoms with E-state index < -0.39 is 0 Å². The highest BCUT2D eigenvalue weighted by Gasteiger charge is 2.24. The lowest BCUT2D eigenvalue weighted by Gasteiger charge is -2.31. The second-order valence-electron chi connectivity index (χ2n) is 6.02. The molecular weight excluding hydrogens is 292 g/mol. The maximum Gasteiger partial charge on any atom is 0.123 e. The van der Waals surface area contributed by atoms with Gasteiger partial charge in [-0.1, -0.05) is 12.1 Å². The number of imidazole rings is 1. The molecule has 3 aromatic rings. The number of aromatic nitrogens is 3. The predicted molar refractivity (Wildman–Crippen MR) is 90.1 cm³/mol. The molecule has 22 heavy (non-hydrogen) atoms. The number of hydrogen-bond acceptors (Lipinski definition) is 4. The summed E-state index contributed by atoms with van der Waals surface area (Å²) in [5, 5.41) is 3.37. The smallest absolute Gasteiger partial charge is 0.123 e. The van der Waals surface area contributed by atoms with E-state index in [0.29, 0.717) is 5.92 Å². The minimum Gasteiger partial charge on any atom is -0.330 e. The number of thiazole rings is 1. The minimum atomic E-state index is 0.587. The van der Waals surface area contributed by atoms with Crippen LogP contribution in [-0.4, -0.2) is 32.5 Å². The standard InChI is InChI=1S/C17H20N4S/c1-20-15-7-3-2-6-14(15)19-16(20)12-21-9-4-5-13(11-21)17-18-8-10-22-17/h2-3,6-8,10,13H,4-5,9,11-12H2,1H3. The van der Waals surface area contributed by atoms with Crippen LogP contribution in [0, 0.1) is 0 Å². The van der Waals surface area contributed by atoms with E-state index in [1.807, 2.05) is 6.20 Å². The SMILES string of the molecule is Cn1c(CN2CCCC(c3nccs3)C2)nc2ccccc21. The van der Waals surface area contributed by atoms with Gasteiger partial charge in [0.25, 0.3) is 0 Å². The molecule has 0 spiro atoms. The van der Waals surface area contributed by atoms with Gasteiger partial charge in [0.05, 0.1) is 22.6 Å². The van der Waals surface area contributed by atoms with Crippen LogP contribution in [0.3, 0.4) is 0 Å². The Morgan fingerprint density at radius 3 is 3.05 bits per heavy atom. The van der Waals surface area contributed by atoms with Crippen molar-refractivity contribution in [2.45, 2.75) is 25.3 Å². The zero-order valence-electron chi connectivity index (χ0n) is 12.8. The number of aryl methyl sites for hydroxylation is 1. The number of likely N-dealkylation sites (tertiary alicyclic amines) is 1. The van der Waals surface area contributed by atoms with Crippen LogP contribution in [0.25, 0.3) is 11.0 Å². The first-order chi connectivity index (χ1) is 10.8. The first kappa shape index (κ1) is 13.9. The molecule has 1 aliphatic rings. The van der Waals surface area contributed by atoms with Crippen LogP contribution >= 0.6 is 11.3 Å². The number of fused-ring (bicyclic) bond motifs is 1. The summed E-state index contributed by atoms with van der Waals surface area (Å²) in [6, 6.07) is 8.36. The molecule has 114 valence electrons. The average Bonchev–Trinajstić information content (AvgIpc) is 3.18. The molecule has 3 heterocycles. The second kappa shape index (κ2) is 5.82. The van der Waals surface area contributed by atoms with Crippen molar-refractivity contribution in [3.8, 4) is 0 Å².